The van der Waals surface area contributed by atoms with Gasteiger partial charge in [0.2, 0.25) is 5.91 Å². The molecule has 27 heavy (non-hydrogen) atoms. The predicted octanol–water partition coefficient (Wildman–Crippen LogP) is 2.15. The van der Waals surface area contributed by atoms with Gasteiger partial charge in [-0.2, -0.15) is 0 Å². The van der Waals surface area contributed by atoms with Crippen molar-refractivity contribution in [3.63, 3.8) is 0 Å². The van der Waals surface area contributed by atoms with Crippen molar-refractivity contribution in [3.8, 4) is 0 Å². The van der Waals surface area contributed by atoms with Gasteiger partial charge in [0, 0.05) is 63.2 Å². The highest BCUT2D eigenvalue weighted by molar-refractivity contribution is 6.10. The van der Waals surface area contributed by atoms with Gasteiger partial charge in [0.1, 0.15) is 11.7 Å². The van der Waals surface area contributed by atoms with Gasteiger partial charge in [-0.3, -0.25) is 10.2 Å². The Morgan fingerprint density at radius 1 is 1.33 bits per heavy atom. The zero-order chi connectivity index (χ0) is 20.0. The number of carbonyl (C=O) groups excluding carboxylic acids is 1. The molecule has 1 aromatic rings. The summed E-state index contributed by atoms with van der Waals surface area (Å²) in [6.07, 6.45) is 3.43. The quantitative estimate of drug-likeness (QED) is 0.390. The number of nitrogens with zero attached hydrogens (tertiary/aromatic N) is 1. The van der Waals surface area contributed by atoms with Crippen LogP contribution < -0.4 is 16.0 Å². The highest BCUT2D eigenvalue weighted by Gasteiger charge is 2.23. The van der Waals surface area contributed by atoms with E-state index < -0.39 is 5.82 Å². The average molecular weight is 372 g/mol. The molecule has 0 atom stereocenters. The molecule has 1 aliphatic rings. The van der Waals surface area contributed by atoms with Crippen molar-refractivity contribution in [1.29, 1.82) is 10.8 Å². The standard InChI is InChI=1S/C19H25FN6O/c1-12(27)26-7-6-17(24-3)15(11-26)19(22)25-18-8-13(4-5-16(18)20)14(9-21)10-23-2/h4-5,8-10,21,23-24H,6-7,11H2,1-3H3,(H2,22,25)/b14-10+,21-9?. The first-order valence-corrected chi connectivity index (χ1v) is 8.60. The van der Waals surface area contributed by atoms with E-state index in [-0.39, 0.29) is 17.4 Å². The van der Waals surface area contributed by atoms with E-state index in [4.69, 9.17) is 10.8 Å². The maximum absolute atomic E-state index is 14.3. The van der Waals surface area contributed by atoms with E-state index in [2.05, 4.69) is 16.0 Å². The Balaban J connectivity index is 2.31. The molecule has 0 unspecified atom stereocenters. The normalized spacial score (nSPS) is 14.7. The first-order valence-electron chi connectivity index (χ1n) is 8.60. The molecule has 1 aromatic carbocycles. The number of amides is 1. The monoisotopic (exact) mass is 372 g/mol. The van der Waals surface area contributed by atoms with Crippen LogP contribution in [-0.2, 0) is 4.79 Å². The molecule has 7 nitrogen and oxygen atoms in total. The van der Waals surface area contributed by atoms with Crippen LogP contribution in [0, 0.1) is 16.6 Å². The Kier molecular flexibility index (Phi) is 6.70. The number of amidine groups is 1. The van der Waals surface area contributed by atoms with Gasteiger partial charge >= 0.3 is 0 Å². The fraction of sp³-hybridized carbons (Fsp3) is 0.316. The van der Waals surface area contributed by atoms with E-state index in [0.29, 0.717) is 36.2 Å². The van der Waals surface area contributed by atoms with E-state index >= 15 is 0 Å². The summed E-state index contributed by atoms with van der Waals surface area (Å²) in [7, 11) is 3.49. The van der Waals surface area contributed by atoms with Gasteiger partial charge in [-0.15, -0.1) is 0 Å². The summed E-state index contributed by atoms with van der Waals surface area (Å²) < 4.78 is 14.3. The summed E-state index contributed by atoms with van der Waals surface area (Å²) in [5.74, 6) is -0.519. The number of benzene rings is 1. The highest BCUT2D eigenvalue weighted by atomic mass is 19.1. The lowest BCUT2D eigenvalue weighted by Crippen LogP contribution is -2.40. The van der Waals surface area contributed by atoms with Crippen LogP contribution in [-0.4, -0.2) is 50.0 Å². The lowest BCUT2D eigenvalue weighted by molar-refractivity contribution is -0.128. The third-order valence-corrected chi connectivity index (χ3v) is 4.41. The van der Waals surface area contributed by atoms with Crippen LogP contribution in [0.4, 0.5) is 10.1 Å². The van der Waals surface area contributed by atoms with Crippen molar-refractivity contribution in [2.24, 2.45) is 0 Å². The zero-order valence-electron chi connectivity index (χ0n) is 15.7. The number of nitrogens with one attached hydrogen (secondary N) is 5. The summed E-state index contributed by atoms with van der Waals surface area (Å²) in [6, 6.07) is 4.44. The molecule has 1 aliphatic heterocycles. The molecule has 0 saturated carbocycles. The van der Waals surface area contributed by atoms with Crippen LogP contribution in [0.5, 0.6) is 0 Å². The molecule has 0 radical (unpaired) electrons. The van der Waals surface area contributed by atoms with Crippen LogP contribution in [0.3, 0.4) is 0 Å². The fourth-order valence-corrected chi connectivity index (χ4v) is 2.91. The van der Waals surface area contributed by atoms with Gasteiger partial charge in [-0.1, -0.05) is 6.07 Å². The molecule has 2 rings (SSSR count). The third-order valence-electron chi connectivity index (χ3n) is 4.41. The Morgan fingerprint density at radius 2 is 2.07 bits per heavy atom. The van der Waals surface area contributed by atoms with E-state index in [0.717, 1.165) is 5.70 Å². The summed E-state index contributed by atoms with van der Waals surface area (Å²) in [5, 5.41) is 24.6. The van der Waals surface area contributed by atoms with Crippen LogP contribution >= 0.6 is 0 Å². The molecule has 0 saturated heterocycles. The molecule has 0 aromatic heterocycles. The largest absolute Gasteiger partial charge is 0.393 e. The average Bonchev–Trinajstić information content (AvgIpc) is 2.67. The maximum Gasteiger partial charge on any atom is 0.219 e. The van der Waals surface area contributed by atoms with E-state index in [1.54, 1.807) is 37.3 Å². The molecule has 0 aliphatic carbocycles. The van der Waals surface area contributed by atoms with Crippen molar-refractivity contribution in [1.82, 2.24) is 15.5 Å². The topological polar surface area (TPSA) is 104 Å². The fourth-order valence-electron chi connectivity index (χ4n) is 2.91. The lowest BCUT2D eigenvalue weighted by atomic mass is 10.0. The molecule has 8 heteroatoms. The zero-order valence-corrected chi connectivity index (χ0v) is 15.7. The highest BCUT2D eigenvalue weighted by Crippen LogP contribution is 2.23. The van der Waals surface area contributed by atoms with Crippen LogP contribution in [0.2, 0.25) is 0 Å². The van der Waals surface area contributed by atoms with E-state index in [1.165, 1.54) is 19.2 Å². The van der Waals surface area contributed by atoms with Crippen molar-refractivity contribution in [2.45, 2.75) is 13.3 Å². The summed E-state index contributed by atoms with van der Waals surface area (Å²) >= 11 is 0. The SMILES string of the molecule is CN/C=C(\C=N)c1ccc(F)c(NC(=N)C2=C(NC)CCN(C(C)=O)C2)c1. The number of hydrogen-bond donors (Lipinski definition) is 5. The smallest absolute Gasteiger partial charge is 0.219 e. The number of rotatable bonds is 6. The number of anilines is 1. The summed E-state index contributed by atoms with van der Waals surface area (Å²) in [4.78, 5) is 13.3. The van der Waals surface area contributed by atoms with Gasteiger partial charge in [-0.05, 0) is 17.7 Å². The second-order valence-corrected chi connectivity index (χ2v) is 6.12. The first-order chi connectivity index (χ1) is 12.9. The van der Waals surface area contributed by atoms with Crippen molar-refractivity contribution in [2.75, 3.05) is 32.5 Å². The molecular weight excluding hydrogens is 347 g/mol. The molecule has 1 heterocycles. The van der Waals surface area contributed by atoms with Crippen LogP contribution in [0.15, 0.2) is 35.7 Å². The lowest BCUT2D eigenvalue weighted by Gasteiger charge is -2.30. The molecule has 144 valence electrons. The molecule has 0 fully saturated rings. The summed E-state index contributed by atoms with van der Waals surface area (Å²) in [5.41, 5.74) is 2.86. The maximum atomic E-state index is 14.3. The first kappa shape index (κ1) is 20.2. The van der Waals surface area contributed by atoms with Gasteiger partial charge < -0.3 is 26.3 Å². The summed E-state index contributed by atoms with van der Waals surface area (Å²) in [6.45, 7) is 2.38. The van der Waals surface area contributed by atoms with E-state index in [9.17, 15) is 9.18 Å². The second kappa shape index (κ2) is 8.98. The Bertz CT molecular complexity index is 814. The van der Waals surface area contributed by atoms with Gasteiger partial charge in [0.05, 0.1) is 12.2 Å². The second-order valence-electron chi connectivity index (χ2n) is 6.12. The van der Waals surface area contributed by atoms with Gasteiger partial charge in [0.25, 0.3) is 0 Å². The van der Waals surface area contributed by atoms with Gasteiger partial charge in [-0.25, -0.2) is 4.39 Å². The molecule has 0 spiro atoms. The number of halogens is 1. The predicted molar refractivity (Wildman–Crippen MR) is 107 cm³/mol. The van der Waals surface area contributed by atoms with Crippen molar-refractivity contribution in [3.05, 3.63) is 47.0 Å². The number of hydrogen-bond acceptors (Lipinski definition) is 5. The molecular formula is C19H25FN6O. The number of carbonyl (C=O) groups is 1. The minimum absolute atomic E-state index is 0.0374. The van der Waals surface area contributed by atoms with Gasteiger partial charge in [0.15, 0.2) is 0 Å². The Morgan fingerprint density at radius 3 is 2.67 bits per heavy atom. The minimum Gasteiger partial charge on any atom is -0.393 e. The molecule has 0 bridgehead atoms. The molecule has 1 amide bonds. The number of allylic oxidation sites excluding steroid dienone is 1. The van der Waals surface area contributed by atoms with Crippen molar-refractivity contribution < 1.29 is 9.18 Å². The van der Waals surface area contributed by atoms with Crippen LogP contribution in [0.1, 0.15) is 18.9 Å². The minimum atomic E-state index is -0.497. The third kappa shape index (κ3) is 4.72. The van der Waals surface area contributed by atoms with Crippen LogP contribution in [0.25, 0.3) is 5.57 Å². The Hall–Kier alpha value is -3.16. The van der Waals surface area contributed by atoms with Crippen molar-refractivity contribution >= 4 is 29.2 Å². The van der Waals surface area contributed by atoms with E-state index in [1.807, 2.05) is 0 Å². The molecule has 5 N–H and O–H groups in total. The Labute approximate surface area is 158 Å².